The summed E-state index contributed by atoms with van der Waals surface area (Å²) in [4.78, 5) is 2.53. The van der Waals surface area contributed by atoms with Crippen molar-refractivity contribution in [3.05, 3.63) is 0 Å². The number of nitrogens with zero attached hydrogens (tertiary/aromatic N) is 1. The van der Waals surface area contributed by atoms with E-state index in [9.17, 15) is 5.11 Å². The highest BCUT2D eigenvalue weighted by Gasteiger charge is 2.33. The van der Waals surface area contributed by atoms with Gasteiger partial charge in [-0.05, 0) is 52.0 Å². The number of fused-ring (bicyclic) bond motifs is 1. The van der Waals surface area contributed by atoms with Crippen LogP contribution in [-0.2, 0) is 4.74 Å². The molecule has 0 unspecified atom stereocenters. The highest BCUT2D eigenvalue weighted by Crippen LogP contribution is 2.35. The lowest BCUT2D eigenvalue weighted by atomic mass is 9.78. The van der Waals surface area contributed by atoms with Gasteiger partial charge < -0.3 is 9.84 Å². The molecule has 1 saturated carbocycles. The van der Waals surface area contributed by atoms with Gasteiger partial charge in [-0.25, -0.2) is 0 Å². The molecule has 1 aliphatic heterocycles. The van der Waals surface area contributed by atoms with Crippen molar-refractivity contribution in [2.45, 2.75) is 70.6 Å². The Labute approximate surface area is 112 Å². The molecule has 106 valence electrons. The summed E-state index contributed by atoms with van der Waals surface area (Å²) >= 11 is 0. The van der Waals surface area contributed by atoms with Crippen LogP contribution in [0.4, 0.5) is 0 Å². The molecule has 3 atom stereocenters. The van der Waals surface area contributed by atoms with E-state index in [0.717, 1.165) is 18.5 Å². The number of piperidine rings is 1. The van der Waals surface area contributed by atoms with Gasteiger partial charge in [0, 0.05) is 12.6 Å². The van der Waals surface area contributed by atoms with Gasteiger partial charge >= 0.3 is 0 Å². The van der Waals surface area contributed by atoms with Gasteiger partial charge in [0.1, 0.15) is 0 Å². The Hall–Kier alpha value is -0.120. The molecule has 3 heteroatoms. The maximum absolute atomic E-state index is 10.1. The van der Waals surface area contributed by atoms with Gasteiger partial charge in [0.25, 0.3) is 0 Å². The molecule has 18 heavy (non-hydrogen) atoms. The minimum Gasteiger partial charge on any atom is -0.389 e. The monoisotopic (exact) mass is 255 g/mol. The molecule has 2 fully saturated rings. The molecule has 0 bridgehead atoms. The van der Waals surface area contributed by atoms with Crippen molar-refractivity contribution in [3.8, 4) is 0 Å². The zero-order valence-electron chi connectivity index (χ0n) is 12.0. The Bertz CT molecular complexity index is 243. The molecular formula is C15H29NO2. The van der Waals surface area contributed by atoms with E-state index >= 15 is 0 Å². The van der Waals surface area contributed by atoms with E-state index in [4.69, 9.17) is 4.74 Å². The predicted molar refractivity (Wildman–Crippen MR) is 73.6 cm³/mol. The third-order valence-electron chi connectivity index (χ3n) is 4.43. The van der Waals surface area contributed by atoms with Crippen LogP contribution in [0.5, 0.6) is 0 Å². The molecule has 1 saturated heterocycles. The second-order valence-electron chi connectivity index (χ2n) is 6.28. The minimum absolute atomic E-state index is 0.212. The molecule has 1 aliphatic carbocycles. The number of rotatable bonds is 5. The van der Waals surface area contributed by atoms with Crippen LogP contribution in [-0.4, -0.2) is 48.0 Å². The van der Waals surface area contributed by atoms with Crippen LogP contribution in [0.2, 0.25) is 0 Å². The van der Waals surface area contributed by atoms with Crippen LogP contribution in [0.1, 0.15) is 52.4 Å². The third kappa shape index (κ3) is 3.94. The van der Waals surface area contributed by atoms with Gasteiger partial charge in [-0.3, -0.25) is 4.90 Å². The fourth-order valence-electron chi connectivity index (χ4n) is 3.58. The van der Waals surface area contributed by atoms with Gasteiger partial charge in [0.05, 0.1) is 18.8 Å². The number of hydrogen-bond donors (Lipinski definition) is 1. The Balaban J connectivity index is 1.79. The fourth-order valence-corrected chi connectivity index (χ4v) is 3.58. The first kappa shape index (κ1) is 14.3. The third-order valence-corrected chi connectivity index (χ3v) is 4.43. The SMILES string of the molecule is CC(C)OC[C@H](O)CN1CCC[C@H]2CCCC[C@@H]21. The summed E-state index contributed by atoms with van der Waals surface area (Å²) in [6.45, 7) is 6.48. The molecule has 2 aliphatic rings. The summed E-state index contributed by atoms with van der Waals surface area (Å²) in [5.41, 5.74) is 0. The molecule has 0 spiro atoms. The van der Waals surface area contributed by atoms with Crippen molar-refractivity contribution >= 4 is 0 Å². The summed E-state index contributed by atoms with van der Waals surface area (Å²) in [6.07, 6.45) is 8.11. The van der Waals surface area contributed by atoms with Gasteiger partial charge in [-0.15, -0.1) is 0 Å². The van der Waals surface area contributed by atoms with Crippen LogP contribution < -0.4 is 0 Å². The average Bonchev–Trinajstić information content (AvgIpc) is 2.37. The zero-order valence-corrected chi connectivity index (χ0v) is 12.0. The van der Waals surface area contributed by atoms with Crippen molar-refractivity contribution in [1.29, 1.82) is 0 Å². The first-order valence-corrected chi connectivity index (χ1v) is 7.70. The van der Waals surface area contributed by atoms with E-state index in [1.54, 1.807) is 0 Å². The van der Waals surface area contributed by atoms with Crippen molar-refractivity contribution in [3.63, 3.8) is 0 Å². The highest BCUT2D eigenvalue weighted by molar-refractivity contribution is 4.88. The first-order chi connectivity index (χ1) is 8.66. The average molecular weight is 255 g/mol. The summed E-state index contributed by atoms with van der Waals surface area (Å²) < 4.78 is 5.50. The molecular weight excluding hydrogens is 226 g/mol. The predicted octanol–water partition coefficient (Wildman–Crippen LogP) is 2.43. The Morgan fingerprint density at radius 1 is 1.17 bits per heavy atom. The standard InChI is InChI=1S/C15H29NO2/c1-12(2)18-11-14(17)10-16-9-5-7-13-6-3-4-8-15(13)16/h12-15,17H,3-11H2,1-2H3/t13-,14-,15+/m1/s1. The second kappa shape index (κ2) is 6.88. The summed E-state index contributed by atoms with van der Waals surface area (Å²) in [5.74, 6) is 0.894. The van der Waals surface area contributed by atoms with Crippen LogP contribution >= 0.6 is 0 Å². The van der Waals surface area contributed by atoms with Crippen molar-refractivity contribution in [2.24, 2.45) is 5.92 Å². The maximum Gasteiger partial charge on any atom is 0.0900 e. The lowest BCUT2D eigenvalue weighted by molar-refractivity contribution is -0.0308. The van der Waals surface area contributed by atoms with E-state index in [0.29, 0.717) is 6.61 Å². The van der Waals surface area contributed by atoms with E-state index in [2.05, 4.69) is 4.90 Å². The number of likely N-dealkylation sites (tertiary alicyclic amines) is 1. The largest absolute Gasteiger partial charge is 0.389 e. The molecule has 1 heterocycles. The second-order valence-corrected chi connectivity index (χ2v) is 6.28. The number of hydrogen-bond acceptors (Lipinski definition) is 3. The molecule has 2 rings (SSSR count). The highest BCUT2D eigenvalue weighted by atomic mass is 16.5. The maximum atomic E-state index is 10.1. The number of aliphatic hydroxyl groups is 1. The van der Waals surface area contributed by atoms with Crippen LogP contribution in [0.3, 0.4) is 0 Å². The van der Waals surface area contributed by atoms with E-state index < -0.39 is 0 Å². The minimum atomic E-state index is -0.326. The molecule has 0 aromatic rings. The molecule has 0 aromatic heterocycles. The first-order valence-electron chi connectivity index (χ1n) is 7.70. The van der Waals surface area contributed by atoms with Crippen molar-refractivity contribution in [2.75, 3.05) is 19.7 Å². The fraction of sp³-hybridized carbons (Fsp3) is 1.00. The Morgan fingerprint density at radius 2 is 1.89 bits per heavy atom. The quantitative estimate of drug-likeness (QED) is 0.819. The van der Waals surface area contributed by atoms with E-state index in [1.165, 1.54) is 45.1 Å². The van der Waals surface area contributed by atoms with Gasteiger partial charge in [-0.2, -0.15) is 0 Å². The van der Waals surface area contributed by atoms with E-state index in [-0.39, 0.29) is 12.2 Å². The van der Waals surface area contributed by atoms with Crippen molar-refractivity contribution in [1.82, 2.24) is 4.90 Å². The molecule has 0 amide bonds. The topological polar surface area (TPSA) is 32.7 Å². The lowest BCUT2D eigenvalue weighted by Crippen LogP contribution is -2.50. The zero-order chi connectivity index (χ0) is 13.0. The molecule has 0 radical (unpaired) electrons. The summed E-state index contributed by atoms with van der Waals surface area (Å²) in [7, 11) is 0. The molecule has 3 nitrogen and oxygen atoms in total. The Morgan fingerprint density at radius 3 is 2.67 bits per heavy atom. The molecule has 1 N–H and O–H groups in total. The smallest absolute Gasteiger partial charge is 0.0900 e. The van der Waals surface area contributed by atoms with Crippen LogP contribution in [0.25, 0.3) is 0 Å². The van der Waals surface area contributed by atoms with Gasteiger partial charge in [0.2, 0.25) is 0 Å². The van der Waals surface area contributed by atoms with Crippen molar-refractivity contribution < 1.29 is 9.84 Å². The van der Waals surface area contributed by atoms with E-state index in [1.807, 2.05) is 13.8 Å². The Kier molecular flexibility index (Phi) is 5.46. The number of aliphatic hydroxyl groups excluding tert-OH is 1. The van der Waals surface area contributed by atoms with Crippen LogP contribution in [0, 0.1) is 5.92 Å². The summed E-state index contributed by atoms with van der Waals surface area (Å²) in [5, 5.41) is 10.1. The summed E-state index contributed by atoms with van der Waals surface area (Å²) in [6, 6.07) is 0.737. The molecule has 0 aromatic carbocycles. The van der Waals surface area contributed by atoms with Crippen LogP contribution in [0.15, 0.2) is 0 Å². The lowest BCUT2D eigenvalue weighted by Gasteiger charge is -2.44. The van der Waals surface area contributed by atoms with Gasteiger partial charge in [0.15, 0.2) is 0 Å². The number of β-amino-alcohol motifs (C(OH)–C–C–N with tert-alkyl or cyclic N) is 1. The van der Waals surface area contributed by atoms with Gasteiger partial charge in [-0.1, -0.05) is 12.8 Å². The normalized spacial score (nSPS) is 31.3. The number of ether oxygens (including phenoxy) is 1.